The zero-order chi connectivity index (χ0) is 97.5. The third-order valence-electron chi connectivity index (χ3n) is 19.1. The van der Waals surface area contributed by atoms with Crippen molar-refractivity contribution in [3.63, 3.8) is 0 Å². The molecule has 12 rings (SSSR count). The molecule has 25 nitrogen and oxygen atoms in total. The highest BCUT2D eigenvalue weighted by atomic mass is 19.1. The molecule has 0 aliphatic rings. The van der Waals surface area contributed by atoms with Crippen LogP contribution in [-0.4, -0.2) is 86.0 Å². The molecule has 0 fully saturated rings. The maximum absolute atomic E-state index is 14.7. The third-order valence-corrected chi connectivity index (χ3v) is 19.1. The number of hydrogen-bond donors (Lipinski definition) is 0. The van der Waals surface area contributed by atoms with E-state index in [1.807, 2.05) is 78.9 Å². The number of methoxy groups -OCH3 is 1. The zero-order valence-electron chi connectivity index (χ0n) is 73.9. The van der Waals surface area contributed by atoms with E-state index in [9.17, 15) is 61.5 Å². The van der Waals surface area contributed by atoms with Gasteiger partial charge in [0.15, 0.2) is 46.1 Å². The summed E-state index contributed by atoms with van der Waals surface area (Å²) < 4.78 is 104. The number of rotatable bonds is 36. The fraction of sp³-hybridized carbons (Fsp3) is 0.102. The predicted octanol–water partition coefficient (Wildman–Crippen LogP) is 21.2. The Morgan fingerprint density at radius 2 is 0.593 bits per heavy atom. The number of aryl methyl sites for hydroxylation is 2. The number of fused-ring (bicyclic) bond motifs is 2. The van der Waals surface area contributed by atoms with Crippen LogP contribution < -0.4 is 66.3 Å². The molecule has 0 N–H and O–H groups in total. The van der Waals surface area contributed by atoms with E-state index >= 15 is 0 Å². The van der Waals surface area contributed by atoms with Gasteiger partial charge in [-0.25, -0.2) is 51.9 Å². The number of esters is 11. The second-order valence-electron chi connectivity index (χ2n) is 29.3. The van der Waals surface area contributed by atoms with Crippen LogP contribution in [0, 0.1) is 11.6 Å². The minimum Gasteiger partial charge on any atom is -0.496 e. The maximum Gasteiger partial charge on any atom is 0.338 e. The van der Waals surface area contributed by atoms with Crippen molar-refractivity contribution in [3.8, 4) is 125 Å². The molecule has 0 heterocycles. The Balaban J connectivity index is 0.000000211. The lowest BCUT2D eigenvalue weighted by atomic mass is 9.97. The van der Waals surface area contributed by atoms with Crippen LogP contribution in [0.3, 0.4) is 0 Å². The van der Waals surface area contributed by atoms with Gasteiger partial charge in [-0.3, -0.25) is 9.59 Å². The zero-order valence-corrected chi connectivity index (χ0v) is 73.9. The molecule has 0 aliphatic heterocycles. The second kappa shape index (κ2) is 47.5. The molecule has 0 radical (unpaired) electrons. The monoisotopic (exact) mass is 1820 g/mol. The van der Waals surface area contributed by atoms with Crippen LogP contribution in [0.2, 0.25) is 0 Å². The Bertz CT molecular complexity index is 6710. The van der Waals surface area contributed by atoms with Gasteiger partial charge in [0.1, 0.15) is 59.3 Å². The topological polar surface area (TPSA) is 317 Å². The molecular weight excluding hydrogens is 1740 g/mol. The van der Waals surface area contributed by atoms with Gasteiger partial charge in [-0.05, 0) is 234 Å². The molecular formula is C108H88F2O25. The van der Waals surface area contributed by atoms with Crippen molar-refractivity contribution in [2.75, 3.05) is 20.3 Å². The molecule has 0 unspecified atom stereocenters. The number of benzene rings is 12. The number of carbonyl (C=O) groups is 11. The summed E-state index contributed by atoms with van der Waals surface area (Å²) in [6, 6.07) is 64.6. The first kappa shape index (κ1) is 99.4. The lowest BCUT2D eigenvalue weighted by Crippen LogP contribution is -2.13. The van der Waals surface area contributed by atoms with Gasteiger partial charge in [0.05, 0.1) is 7.11 Å². The van der Waals surface area contributed by atoms with Crippen LogP contribution >= 0.6 is 0 Å². The molecule has 12 aromatic carbocycles. The van der Waals surface area contributed by atoms with Gasteiger partial charge in [-0.1, -0.05) is 144 Å². The molecule has 27 heteroatoms. The number of hydrogen-bond acceptors (Lipinski definition) is 25. The first-order valence-electron chi connectivity index (χ1n) is 41.0. The van der Waals surface area contributed by atoms with Gasteiger partial charge in [0.2, 0.25) is 0 Å². The quantitative estimate of drug-likeness (QED) is 0.0152. The summed E-state index contributed by atoms with van der Waals surface area (Å²) in [6.45, 7) is 37.4. The van der Waals surface area contributed by atoms with Crippen LogP contribution in [0.25, 0.3) is 66.1 Å². The highest BCUT2D eigenvalue weighted by molar-refractivity contribution is 5.96. The standard InChI is InChI=1S/C43H36O8.C34H28O9.C31H24F2O8/c1-26(2)41(45)49-37-19-15-31(16-20-37)33-10-12-34-24-32(9-11-35(34)25-33)30-13-17-36(18-14-30)48-40(44)22-8-29-7-21-38(50-42(46)27(3)4)39(23-29)51-43(47)28(5)6;1-5-32(35)41-27-12-14-28(30(21-27)38-4)24-9-8-23-19-25(11-10-22(23)18-24)39-16-17-40-26-13-15-29(42-33(36)6-2)31(20-26)43-34(37)7-3;1-5-28(34)40-26-12-7-19(15-27(26)41-29(35)6-2)8-14-30(36)39-25-13-9-20(16-24(25)33)22-11-10-21(17-23(22)32)38-31(37)18(3)4/h7,9-21,23-25H,1,3,5,8,22H2,2,4,6H3;5-15,18-21H,1-3,16-17H2,4H3;5-7,9-13,15-17H,1-3,8,14H2,4H3. The van der Waals surface area contributed by atoms with Crippen molar-refractivity contribution in [2.45, 2.75) is 53.4 Å². The van der Waals surface area contributed by atoms with Crippen LogP contribution in [-0.2, 0) is 65.6 Å². The highest BCUT2D eigenvalue weighted by Crippen LogP contribution is 2.40. The van der Waals surface area contributed by atoms with Gasteiger partial charge < -0.3 is 66.3 Å². The highest BCUT2D eigenvalue weighted by Gasteiger charge is 2.23. The molecule has 0 amide bonds. The molecule has 12 aromatic rings. The van der Waals surface area contributed by atoms with Crippen molar-refractivity contribution in [1.82, 2.24) is 0 Å². The van der Waals surface area contributed by atoms with Crippen molar-refractivity contribution in [3.05, 3.63) is 365 Å². The summed E-state index contributed by atoms with van der Waals surface area (Å²) in [5.74, 6) is -6.49. The molecule has 0 bridgehead atoms. The van der Waals surface area contributed by atoms with Gasteiger partial charge >= 0.3 is 65.7 Å². The van der Waals surface area contributed by atoms with Crippen LogP contribution in [0.4, 0.5) is 8.78 Å². The average molecular weight is 1820 g/mol. The van der Waals surface area contributed by atoms with E-state index in [1.165, 1.54) is 81.4 Å². The summed E-state index contributed by atoms with van der Waals surface area (Å²) in [4.78, 5) is 131. The normalized spacial score (nSPS) is 10.4. The fourth-order valence-electron chi connectivity index (χ4n) is 12.2. The van der Waals surface area contributed by atoms with Gasteiger partial charge in [-0.2, -0.15) is 0 Å². The Kier molecular flexibility index (Phi) is 35.0. The number of ether oxygens (including phenoxy) is 14. The van der Waals surface area contributed by atoms with Gasteiger partial charge in [0, 0.05) is 94.8 Å². The van der Waals surface area contributed by atoms with E-state index in [2.05, 4.69) is 83.5 Å². The molecule has 0 aliphatic carbocycles. The molecule has 0 aromatic heterocycles. The summed E-state index contributed by atoms with van der Waals surface area (Å²) in [6.07, 6.45) is 5.22. The average Bonchev–Trinajstić information content (AvgIpc) is 0.803. The summed E-state index contributed by atoms with van der Waals surface area (Å²) >= 11 is 0. The molecule has 0 saturated carbocycles. The fourth-order valence-corrected chi connectivity index (χ4v) is 12.2. The van der Waals surface area contributed by atoms with Crippen LogP contribution in [0.15, 0.2) is 342 Å². The van der Waals surface area contributed by atoms with Crippen molar-refractivity contribution in [1.29, 1.82) is 0 Å². The van der Waals surface area contributed by atoms with E-state index in [0.29, 0.717) is 51.2 Å². The number of halogens is 2. The van der Waals surface area contributed by atoms with Crippen LogP contribution in [0.5, 0.6) is 80.5 Å². The van der Waals surface area contributed by atoms with Gasteiger partial charge in [0.25, 0.3) is 0 Å². The first-order valence-corrected chi connectivity index (χ1v) is 41.0. The van der Waals surface area contributed by atoms with Crippen molar-refractivity contribution < 1.29 is 128 Å². The Hall–Kier alpha value is -17.8. The molecule has 0 spiro atoms. The summed E-state index contributed by atoms with van der Waals surface area (Å²) in [7, 11) is 1.55. The van der Waals surface area contributed by atoms with E-state index < -0.39 is 77.3 Å². The van der Waals surface area contributed by atoms with Gasteiger partial charge in [-0.15, -0.1) is 0 Å². The maximum atomic E-state index is 14.7. The number of carbonyl (C=O) groups excluding carboxylic acids is 11. The molecule has 135 heavy (non-hydrogen) atoms. The van der Waals surface area contributed by atoms with Crippen molar-refractivity contribution >= 4 is 87.2 Å². The smallest absolute Gasteiger partial charge is 0.338 e. The largest absolute Gasteiger partial charge is 0.496 e. The summed E-state index contributed by atoms with van der Waals surface area (Å²) in [5.41, 5.74) is 8.01. The lowest BCUT2D eigenvalue weighted by Gasteiger charge is -2.13. The Morgan fingerprint density at radius 3 is 1.07 bits per heavy atom. The SMILES string of the molecule is C=C(C)C(=O)Oc1ccc(-c2ccc3cc(-c4ccc(OC(=O)CCc5ccc(OC(=O)C(=C)C)c(OC(=O)C(=C)C)c5)cc4)ccc3c2)cc1.C=CC(=O)Oc1ccc(-c2ccc3cc(OCCOc4ccc(OC(=O)C=C)c(OC(=O)C=C)c4)ccc3c2)c(OC)c1.C=CC(=O)Oc1ccc(CCC(=O)Oc2ccc(-c3ccc(OC(=O)C(=C)C)cc3F)cc2F)cc1OC(=O)C=C. The molecule has 684 valence electrons. The third kappa shape index (κ3) is 28.9. The summed E-state index contributed by atoms with van der Waals surface area (Å²) in [5, 5.41) is 4.10. The van der Waals surface area contributed by atoms with E-state index in [1.54, 1.807) is 68.6 Å². The minimum atomic E-state index is -0.903. The van der Waals surface area contributed by atoms with E-state index in [4.69, 9.17) is 66.3 Å². The predicted molar refractivity (Wildman–Crippen MR) is 502 cm³/mol. The minimum absolute atomic E-state index is 0.00268. The first-order chi connectivity index (χ1) is 64.7. The van der Waals surface area contributed by atoms with E-state index in [-0.39, 0.29) is 113 Å². The Labute approximate surface area is 774 Å². The lowest BCUT2D eigenvalue weighted by molar-refractivity contribution is -0.135. The second-order valence-corrected chi connectivity index (χ2v) is 29.3. The van der Waals surface area contributed by atoms with Crippen molar-refractivity contribution in [2.24, 2.45) is 0 Å². The van der Waals surface area contributed by atoms with Crippen LogP contribution in [0.1, 0.15) is 51.7 Å². The Morgan fingerprint density at radius 1 is 0.267 bits per heavy atom. The van der Waals surface area contributed by atoms with E-state index in [0.717, 1.165) is 97.4 Å². The molecule has 0 saturated heterocycles. The molecule has 0 atom stereocenters.